The average Bonchev–Trinajstić information content (AvgIpc) is 2.78. The molecule has 102 valence electrons. The lowest BCUT2D eigenvalue weighted by atomic mass is 10.2. The fourth-order valence-electron chi connectivity index (χ4n) is 1.96. The van der Waals surface area contributed by atoms with E-state index in [0.29, 0.717) is 13.1 Å². The minimum absolute atomic E-state index is 0.0579. The Bertz CT molecular complexity index is 534. The molecular formula is C14H16ClNO2S. The van der Waals surface area contributed by atoms with Crippen LogP contribution in [0.15, 0.2) is 30.3 Å². The quantitative estimate of drug-likeness (QED) is 0.862. The number of thiophene rings is 1. The molecule has 1 aromatic heterocycles. The standard InChI is InChI=1S/C14H16ClNO2S/c1-10(17)8-16(14(18)7-15)9-12-6-11-4-2-3-5-13(11)19-12/h2-6,10,17H,7-9H2,1H3. The molecule has 0 aliphatic heterocycles. The van der Waals surface area contributed by atoms with Crippen molar-refractivity contribution in [3.05, 3.63) is 35.2 Å². The minimum Gasteiger partial charge on any atom is -0.392 e. The number of aliphatic hydroxyl groups excluding tert-OH is 1. The number of halogens is 1. The largest absolute Gasteiger partial charge is 0.392 e. The second-order valence-electron chi connectivity index (χ2n) is 4.51. The lowest BCUT2D eigenvalue weighted by Crippen LogP contribution is -2.36. The molecular weight excluding hydrogens is 282 g/mol. The number of nitrogens with zero attached hydrogens (tertiary/aromatic N) is 1. The molecule has 2 rings (SSSR count). The highest BCUT2D eigenvalue weighted by Crippen LogP contribution is 2.26. The van der Waals surface area contributed by atoms with Gasteiger partial charge in [-0.2, -0.15) is 0 Å². The minimum atomic E-state index is -0.554. The first-order chi connectivity index (χ1) is 9.10. The monoisotopic (exact) mass is 297 g/mol. The zero-order valence-electron chi connectivity index (χ0n) is 10.7. The molecule has 1 heterocycles. The van der Waals surface area contributed by atoms with E-state index in [1.807, 2.05) is 12.1 Å². The Kier molecular flexibility index (Phi) is 4.80. The van der Waals surface area contributed by atoms with Gasteiger partial charge in [0.2, 0.25) is 5.91 Å². The lowest BCUT2D eigenvalue weighted by Gasteiger charge is -2.22. The van der Waals surface area contributed by atoms with Crippen molar-refractivity contribution in [1.29, 1.82) is 0 Å². The first-order valence-corrected chi connectivity index (χ1v) is 7.44. The van der Waals surface area contributed by atoms with Crippen LogP contribution in [0.5, 0.6) is 0 Å². The van der Waals surface area contributed by atoms with E-state index in [4.69, 9.17) is 11.6 Å². The molecule has 0 spiro atoms. The van der Waals surface area contributed by atoms with E-state index < -0.39 is 6.10 Å². The molecule has 1 aromatic carbocycles. The zero-order chi connectivity index (χ0) is 13.8. The van der Waals surface area contributed by atoms with E-state index in [-0.39, 0.29) is 11.8 Å². The fraction of sp³-hybridized carbons (Fsp3) is 0.357. The van der Waals surface area contributed by atoms with Gasteiger partial charge in [-0.1, -0.05) is 18.2 Å². The Morgan fingerprint density at radius 2 is 2.21 bits per heavy atom. The third-order valence-electron chi connectivity index (χ3n) is 2.77. The molecule has 0 fully saturated rings. The fourth-order valence-corrected chi connectivity index (χ4v) is 3.21. The van der Waals surface area contributed by atoms with Gasteiger partial charge in [0, 0.05) is 16.1 Å². The van der Waals surface area contributed by atoms with Crippen LogP contribution in [0.4, 0.5) is 0 Å². The predicted octanol–water partition coefficient (Wildman–Crippen LogP) is 2.85. The van der Waals surface area contributed by atoms with Gasteiger partial charge in [-0.15, -0.1) is 22.9 Å². The molecule has 3 nitrogen and oxygen atoms in total. The maximum absolute atomic E-state index is 11.8. The number of hydrogen-bond donors (Lipinski definition) is 1. The van der Waals surface area contributed by atoms with Crippen molar-refractivity contribution in [3.8, 4) is 0 Å². The zero-order valence-corrected chi connectivity index (χ0v) is 12.2. The second-order valence-corrected chi connectivity index (χ2v) is 5.94. The first kappa shape index (κ1) is 14.3. The van der Waals surface area contributed by atoms with Gasteiger partial charge in [-0.05, 0) is 24.4 Å². The van der Waals surface area contributed by atoms with Crippen molar-refractivity contribution in [1.82, 2.24) is 4.90 Å². The van der Waals surface area contributed by atoms with E-state index in [0.717, 1.165) is 4.88 Å². The number of fused-ring (bicyclic) bond motifs is 1. The van der Waals surface area contributed by atoms with Gasteiger partial charge in [0.25, 0.3) is 0 Å². The van der Waals surface area contributed by atoms with Crippen molar-refractivity contribution in [2.75, 3.05) is 12.4 Å². The van der Waals surface area contributed by atoms with Crippen LogP contribution in [-0.2, 0) is 11.3 Å². The number of benzene rings is 1. The van der Waals surface area contributed by atoms with Crippen LogP contribution in [0.1, 0.15) is 11.8 Å². The summed E-state index contributed by atoms with van der Waals surface area (Å²) in [5.74, 6) is -0.211. The Morgan fingerprint density at radius 3 is 2.84 bits per heavy atom. The van der Waals surface area contributed by atoms with Gasteiger partial charge in [0.1, 0.15) is 5.88 Å². The Morgan fingerprint density at radius 1 is 1.47 bits per heavy atom. The van der Waals surface area contributed by atoms with Crippen molar-refractivity contribution in [2.45, 2.75) is 19.6 Å². The van der Waals surface area contributed by atoms with E-state index in [1.54, 1.807) is 23.2 Å². The highest BCUT2D eigenvalue weighted by atomic mass is 35.5. The second kappa shape index (κ2) is 6.37. The summed E-state index contributed by atoms with van der Waals surface area (Å²) in [7, 11) is 0. The molecule has 5 heteroatoms. The van der Waals surface area contributed by atoms with Gasteiger partial charge < -0.3 is 10.0 Å². The van der Waals surface area contributed by atoms with Crippen LogP contribution in [0.25, 0.3) is 10.1 Å². The molecule has 1 amide bonds. The molecule has 0 aliphatic carbocycles. The van der Waals surface area contributed by atoms with Crippen LogP contribution in [0.2, 0.25) is 0 Å². The number of aliphatic hydroxyl groups is 1. The van der Waals surface area contributed by atoms with E-state index in [9.17, 15) is 9.90 Å². The highest BCUT2D eigenvalue weighted by Gasteiger charge is 2.16. The highest BCUT2D eigenvalue weighted by molar-refractivity contribution is 7.19. The van der Waals surface area contributed by atoms with Gasteiger partial charge >= 0.3 is 0 Å². The van der Waals surface area contributed by atoms with Crippen LogP contribution in [0, 0.1) is 0 Å². The third kappa shape index (κ3) is 3.69. The number of alkyl halides is 1. The molecule has 19 heavy (non-hydrogen) atoms. The van der Waals surface area contributed by atoms with Gasteiger partial charge in [-0.25, -0.2) is 0 Å². The average molecular weight is 298 g/mol. The van der Waals surface area contributed by atoms with Crippen LogP contribution >= 0.6 is 22.9 Å². The SMILES string of the molecule is CC(O)CN(Cc1cc2ccccc2s1)C(=O)CCl. The van der Waals surface area contributed by atoms with Gasteiger partial charge in [-0.3, -0.25) is 4.79 Å². The van der Waals surface area contributed by atoms with Crippen LogP contribution in [-0.4, -0.2) is 34.4 Å². The molecule has 2 aromatic rings. The molecule has 0 saturated carbocycles. The number of hydrogen-bond acceptors (Lipinski definition) is 3. The molecule has 0 saturated heterocycles. The summed E-state index contributed by atoms with van der Waals surface area (Å²) in [6, 6.07) is 10.2. The first-order valence-electron chi connectivity index (χ1n) is 6.09. The lowest BCUT2D eigenvalue weighted by molar-refractivity contribution is -0.130. The summed E-state index contributed by atoms with van der Waals surface area (Å²) in [4.78, 5) is 14.5. The number of carbonyl (C=O) groups excluding carboxylic acids is 1. The maximum Gasteiger partial charge on any atom is 0.237 e. The molecule has 1 N–H and O–H groups in total. The summed E-state index contributed by atoms with van der Waals surface area (Å²) in [6.07, 6.45) is -0.554. The van der Waals surface area contributed by atoms with Gasteiger partial charge in [0.15, 0.2) is 0 Å². The van der Waals surface area contributed by atoms with Crippen LogP contribution < -0.4 is 0 Å². The summed E-state index contributed by atoms with van der Waals surface area (Å²) in [6.45, 7) is 2.47. The Labute approximate surface area is 121 Å². The van der Waals surface area contributed by atoms with E-state index in [2.05, 4.69) is 18.2 Å². The van der Waals surface area contributed by atoms with Crippen molar-refractivity contribution in [2.24, 2.45) is 0 Å². The smallest absolute Gasteiger partial charge is 0.237 e. The van der Waals surface area contributed by atoms with E-state index in [1.165, 1.54) is 10.1 Å². The third-order valence-corrected chi connectivity index (χ3v) is 4.10. The molecule has 1 unspecified atom stereocenters. The Balaban J connectivity index is 2.17. The van der Waals surface area contributed by atoms with Crippen molar-refractivity contribution < 1.29 is 9.90 Å². The molecule has 0 bridgehead atoms. The number of rotatable bonds is 5. The number of amides is 1. The van der Waals surface area contributed by atoms with Gasteiger partial charge in [0.05, 0.1) is 12.6 Å². The topological polar surface area (TPSA) is 40.5 Å². The van der Waals surface area contributed by atoms with Crippen LogP contribution in [0.3, 0.4) is 0 Å². The summed E-state index contributed by atoms with van der Waals surface area (Å²) in [5, 5.41) is 10.6. The molecule has 1 atom stereocenters. The molecule has 0 aliphatic rings. The number of carbonyl (C=O) groups is 1. The normalized spacial score (nSPS) is 12.6. The summed E-state index contributed by atoms with van der Waals surface area (Å²) in [5.41, 5.74) is 0. The summed E-state index contributed by atoms with van der Waals surface area (Å²) < 4.78 is 1.20. The molecule has 0 radical (unpaired) electrons. The predicted molar refractivity (Wildman–Crippen MR) is 79.6 cm³/mol. The Hall–Kier alpha value is -1.10. The maximum atomic E-state index is 11.8. The van der Waals surface area contributed by atoms with Crippen molar-refractivity contribution in [3.63, 3.8) is 0 Å². The van der Waals surface area contributed by atoms with E-state index >= 15 is 0 Å². The summed E-state index contributed by atoms with van der Waals surface area (Å²) >= 11 is 7.27. The van der Waals surface area contributed by atoms with Crippen molar-refractivity contribution >= 4 is 38.9 Å².